The molecule has 0 aliphatic heterocycles. The maximum Gasteiger partial charge on any atom is 0.228 e. The fraction of sp³-hybridized carbons (Fsp3) is 0.250. The molecular weight excluding hydrogens is 397 g/mol. The Morgan fingerprint density at radius 1 is 0.783 bits per heavy atom. The van der Waals surface area contributed by atoms with Crippen molar-refractivity contribution >= 4 is 69.4 Å². The molecule has 0 saturated heterocycles. The number of hydrogen-bond donors (Lipinski definition) is 2. The first-order valence-corrected chi connectivity index (χ1v) is 8.68. The normalized spacial score (nSPS) is 11.7. The largest absolute Gasteiger partial charge is 0.362 e. The Balaban J connectivity index is 2.23. The van der Waals surface area contributed by atoms with Crippen LogP contribution in [0.1, 0.15) is 11.1 Å². The third kappa shape index (κ3) is 5.23. The third-order valence-electron chi connectivity index (χ3n) is 3.29. The number of rotatable bonds is 4. The zero-order chi connectivity index (χ0) is 17.2. The fourth-order valence-electron chi connectivity index (χ4n) is 1.90. The summed E-state index contributed by atoms with van der Waals surface area (Å²) >= 11 is 30.5. The van der Waals surface area contributed by atoms with E-state index >= 15 is 0 Å². The van der Waals surface area contributed by atoms with E-state index in [1.54, 1.807) is 12.1 Å². The topological polar surface area (TPSA) is 24.1 Å². The zero-order valence-electron chi connectivity index (χ0n) is 12.4. The van der Waals surface area contributed by atoms with Gasteiger partial charge in [-0.1, -0.05) is 70.1 Å². The summed E-state index contributed by atoms with van der Waals surface area (Å²) < 4.78 is -1.59. The van der Waals surface area contributed by atoms with E-state index in [0.29, 0.717) is 10.0 Å². The van der Waals surface area contributed by atoms with Gasteiger partial charge in [-0.2, -0.15) is 0 Å². The van der Waals surface area contributed by atoms with Crippen LogP contribution >= 0.6 is 58.0 Å². The molecule has 0 aliphatic rings. The molecular formula is C16H15Cl5N2. The SMILES string of the molecule is Cc1ccc(NC(Nc2ccc(C)c(Cl)c2)C(Cl)(Cl)Cl)cc1Cl. The summed E-state index contributed by atoms with van der Waals surface area (Å²) in [6.07, 6.45) is -0.676. The molecule has 0 radical (unpaired) electrons. The molecule has 0 fully saturated rings. The van der Waals surface area contributed by atoms with Crippen LogP contribution in [0.4, 0.5) is 11.4 Å². The molecule has 2 nitrogen and oxygen atoms in total. The summed E-state index contributed by atoms with van der Waals surface area (Å²) in [5, 5.41) is 7.54. The minimum atomic E-state index is -1.59. The second-order valence-electron chi connectivity index (χ2n) is 5.19. The van der Waals surface area contributed by atoms with Gasteiger partial charge in [0.25, 0.3) is 0 Å². The van der Waals surface area contributed by atoms with Crippen LogP contribution in [0.2, 0.25) is 10.0 Å². The number of alkyl halides is 3. The molecule has 0 heterocycles. The van der Waals surface area contributed by atoms with Crippen molar-refractivity contribution in [2.45, 2.75) is 23.8 Å². The van der Waals surface area contributed by atoms with Gasteiger partial charge >= 0.3 is 0 Å². The molecule has 124 valence electrons. The molecule has 0 unspecified atom stereocenters. The Bertz CT molecular complexity index is 644. The van der Waals surface area contributed by atoms with E-state index in [1.165, 1.54) is 0 Å². The van der Waals surface area contributed by atoms with E-state index in [1.807, 2.05) is 38.1 Å². The molecule has 2 aromatic carbocycles. The summed E-state index contributed by atoms with van der Waals surface area (Å²) in [5.74, 6) is 0. The molecule has 0 amide bonds. The smallest absolute Gasteiger partial charge is 0.228 e. The van der Waals surface area contributed by atoms with Crippen LogP contribution in [0.25, 0.3) is 0 Å². The first-order valence-electron chi connectivity index (χ1n) is 6.79. The quantitative estimate of drug-likeness (QED) is 0.425. The van der Waals surface area contributed by atoms with Crippen molar-refractivity contribution in [2.75, 3.05) is 10.6 Å². The zero-order valence-corrected chi connectivity index (χ0v) is 16.2. The number of aryl methyl sites for hydroxylation is 2. The van der Waals surface area contributed by atoms with Crippen LogP contribution in [-0.2, 0) is 0 Å². The Morgan fingerprint density at radius 2 is 1.17 bits per heavy atom. The van der Waals surface area contributed by atoms with Crippen molar-refractivity contribution in [1.29, 1.82) is 0 Å². The lowest BCUT2D eigenvalue weighted by atomic mass is 10.2. The second kappa shape index (κ2) is 7.58. The molecule has 0 spiro atoms. The lowest BCUT2D eigenvalue weighted by Gasteiger charge is -2.28. The Labute approximate surface area is 161 Å². The third-order valence-corrected chi connectivity index (χ3v) is 4.76. The minimum absolute atomic E-state index is 0.636. The number of benzene rings is 2. The van der Waals surface area contributed by atoms with E-state index < -0.39 is 9.96 Å². The summed E-state index contributed by atoms with van der Waals surface area (Å²) in [7, 11) is 0. The van der Waals surface area contributed by atoms with Gasteiger partial charge in [0.1, 0.15) is 6.17 Å². The number of halogens is 5. The van der Waals surface area contributed by atoms with Crippen molar-refractivity contribution < 1.29 is 0 Å². The van der Waals surface area contributed by atoms with Gasteiger partial charge in [0.05, 0.1) is 0 Å². The van der Waals surface area contributed by atoms with Crippen LogP contribution in [-0.4, -0.2) is 9.96 Å². The maximum absolute atomic E-state index is 6.13. The van der Waals surface area contributed by atoms with E-state index in [4.69, 9.17) is 58.0 Å². The van der Waals surface area contributed by atoms with E-state index in [2.05, 4.69) is 10.6 Å². The molecule has 2 N–H and O–H groups in total. The summed E-state index contributed by atoms with van der Waals surface area (Å²) in [4.78, 5) is 0. The summed E-state index contributed by atoms with van der Waals surface area (Å²) in [6, 6.07) is 11.1. The van der Waals surface area contributed by atoms with Crippen LogP contribution in [0.3, 0.4) is 0 Å². The highest BCUT2D eigenvalue weighted by atomic mass is 35.6. The van der Waals surface area contributed by atoms with Gasteiger partial charge in [0.15, 0.2) is 0 Å². The molecule has 2 rings (SSSR count). The van der Waals surface area contributed by atoms with E-state index in [9.17, 15) is 0 Å². The van der Waals surface area contributed by atoms with Gasteiger partial charge in [-0.05, 0) is 49.2 Å². The predicted molar refractivity (Wildman–Crippen MR) is 104 cm³/mol. The van der Waals surface area contributed by atoms with Gasteiger partial charge in [-0.15, -0.1) is 0 Å². The average molecular weight is 413 g/mol. The predicted octanol–water partition coefficient (Wildman–Crippen LogP) is 6.83. The molecule has 23 heavy (non-hydrogen) atoms. The lowest BCUT2D eigenvalue weighted by Crippen LogP contribution is -2.40. The van der Waals surface area contributed by atoms with E-state index in [-0.39, 0.29) is 0 Å². The first-order chi connectivity index (χ1) is 10.7. The number of anilines is 2. The number of hydrogen-bond acceptors (Lipinski definition) is 2. The highest BCUT2D eigenvalue weighted by molar-refractivity contribution is 6.68. The lowest BCUT2D eigenvalue weighted by molar-refractivity contribution is 0.838. The van der Waals surface area contributed by atoms with Gasteiger partial charge in [0.2, 0.25) is 3.79 Å². The van der Waals surface area contributed by atoms with E-state index in [0.717, 1.165) is 22.5 Å². The van der Waals surface area contributed by atoms with Crippen molar-refractivity contribution in [2.24, 2.45) is 0 Å². The Hall–Kier alpha value is -0.510. The standard InChI is InChI=1S/C16H15Cl5N2/c1-9-3-5-11(7-13(9)17)22-15(16(19,20)21)23-12-6-4-10(2)14(18)8-12/h3-8,15,22-23H,1-2H3. The summed E-state index contributed by atoms with van der Waals surface area (Å²) in [5.41, 5.74) is 3.42. The van der Waals surface area contributed by atoms with Crippen molar-refractivity contribution in [3.8, 4) is 0 Å². The van der Waals surface area contributed by atoms with Crippen molar-refractivity contribution in [3.05, 3.63) is 57.6 Å². The molecule has 0 aliphatic carbocycles. The molecule has 0 bridgehead atoms. The number of nitrogens with one attached hydrogen (secondary N) is 2. The fourth-order valence-corrected chi connectivity index (χ4v) is 2.59. The highest BCUT2D eigenvalue weighted by Crippen LogP contribution is 2.34. The molecule has 0 saturated carbocycles. The van der Waals surface area contributed by atoms with Gasteiger partial charge in [-0.25, -0.2) is 0 Å². The Kier molecular flexibility index (Phi) is 6.21. The average Bonchev–Trinajstić information content (AvgIpc) is 2.45. The second-order valence-corrected chi connectivity index (χ2v) is 8.37. The molecule has 7 heteroatoms. The van der Waals surface area contributed by atoms with Gasteiger partial charge < -0.3 is 10.6 Å². The van der Waals surface area contributed by atoms with Crippen molar-refractivity contribution in [1.82, 2.24) is 0 Å². The van der Waals surface area contributed by atoms with Gasteiger partial charge in [-0.3, -0.25) is 0 Å². The van der Waals surface area contributed by atoms with Crippen LogP contribution in [0, 0.1) is 13.8 Å². The molecule has 0 aromatic heterocycles. The minimum Gasteiger partial charge on any atom is -0.362 e. The van der Waals surface area contributed by atoms with Crippen molar-refractivity contribution in [3.63, 3.8) is 0 Å². The maximum atomic E-state index is 6.13. The highest BCUT2D eigenvalue weighted by Gasteiger charge is 2.33. The van der Waals surface area contributed by atoms with Gasteiger partial charge in [0, 0.05) is 21.4 Å². The first kappa shape index (κ1) is 18.8. The monoisotopic (exact) mass is 410 g/mol. The molecule has 0 atom stereocenters. The summed E-state index contributed by atoms with van der Waals surface area (Å²) in [6.45, 7) is 3.84. The van der Waals surface area contributed by atoms with Crippen LogP contribution in [0.5, 0.6) is 0 Å². The molecule has 2 aromatic rings. The van der Waals surface area contributed by atoms with Crippen LogP contribution in [0.15, 0.2) is 36.4 Å². The van der Waals surface area contributed by atoms with Crippen LogP contribution < -0.4 is 10.6 Å². The Morgan fingerprint density at radius 3 is 1.48 bits per heavy atom.